The molecule has 12 heteroatoms. The Hall–Kier alpha value is -4.74. The summed E-state index contributed by atoms with van der Waals surface area (Å²) in [6.45, 7) is 24.0. The van der Waals surface area contributed by atoms with Crippen molar-refractivity contribution in [1.29, 1.82) is 0 Å². The lowest BCUT2D eigenvalue weighted by Crippen LogP contribution is -2.13. The van der Waals surface area contributed by atoms with Gasteiger partial charge in [-0.25, -0.2) is 9.97 Å². The number of rotatable bonds is 9. The number of primary amides is 1. The van der Waals surface area contributed by atoms with Crippen molar-refractivity contribution in [3.05, 3.63) is 87.4 Å². The van der Waals surface area contributed by atoms with Gasteiger partial charge in [0, 0.05) is 23.2 Å². The van der Waals surface area contributed by atoms with Crippen LogP contribution in [0.3, 0.4) is 0 Å². The Kier molecular flexibility index (Phi) is 15.8. The van der Waals surface area contributed by atoms with E-state index in [1.54, 1.807) is 6.08 Å². The van der Waals surface area contributed by atoms with E-state index >= 15 is 0 Å². The minimum Gasteiger partial charge on any atom is -0.404 e. The molecule has 3 rings (SSSR count). The second-order valence-corrected chi connectivity index (χ2v) is 10.8. The first kappa shape index (κ1) is 40.3. The Morgan fingerprint density at radius 1 is 1.15 bits per heavy atom. The fourth-order valence-corrected chi connectivity index (χ4v) is 4.81. The minimum atomic E-state index is -4.82. The third kappa shape index (κ3) is 11.2. The minimum absolute atomic E-state index is 0.202. The molecule has 1 aliphatic heterocycles. The molecule has 0 aromatic carbocycles. The Labute approximate surface area is 276 Å². The maximum atomic E-state index is 12.8. The highest BCUT2D eigenvalue weighted by Crippen LogP contribution is 2.36. The van der Waals surface area contributed by atoms with E-state index in [-0.39, 0.29) is 18.3 Å². The van der Waals surface area contributed by atoms with E-state index in [4.69, 9.17) is 10.5 Å². The molecule has 0 spiro atoms. The first-order chi connectivity index (χ1) is 22.1. The monoisotopic (exact) mass is 655 g/mol. The number of allylic oxidation sites excluding steroid dienone is 8. The number of hydrogen-bond donors (Lipinski definition) is 2. The molecule has 0 aliphatic carbocycles. The van der Waals surface area contributed by atoms with Crippen molar-refractivity contribution in [2.24, 2.45) is 16.6 Å². The van der Waals surface area contributed by atoms with Crippen LogP contribution in [-0.2, 0) is 16.1 Å². The van der Waals surface area contributed by atoms with Gasteiger partial charge in [-0.05, 0) is 83.3 Å². The molecule has 0 radical (unpaired) electrons. The van der Waals surface area contributed by atoms with Crippen molar-refractivity contribution in [2.75, 3.05) is 5.73 Å². The molecule has 0 unspecified atom stereocenters. The summed E-state index contributed by atoms with van der Waals surface area (Å²) >= 11 is 0. The van der Waals surface area contributed by atoms with Crippen LogP contribution in [0.1, 0.15) is 90.0 Å². The number of amides is 1. The van der Waals surface area contributed by atoms with Crippen LogP contribution in [0.4, 0.5) is 19.1 Å². The summed E-state index contributed by atoms with van der Waals surface area (Å²) < 4.78 is 44.6. The summed E-state index contributed by atoms with van der Waals surface area (Å²) in [7, 11) is 0. The Bertz CT molecular complexity index is 1580. The third-order valence-electron chi connectivity index (χ3n) is 7.08. The van der Waals surface area contributed by atoms with Gasteiger partial charge in [0.2, 0.25) is 12.4 Å². The maximum absolute atomic E-state index is 12.8. The second-order valence-electron chi connectivity index (χ2n) is 10.8. The van der Waals surface area contributed by atoms with Crippen LogP contribution >= 0.6 is 0 Å². The number of aryl methyl sites for hydroxylation is 3. The highest BCUT2D eigenvalue weighted by molar-refractivity contribution is 5.90. The maximum Gasteiger partial charge on any atom is 0.573 e. The van der Waals surface area contributed by atoms with E-state index in [9.17, 15) is 13.2 Å². The third-order valence-corrected chi connectivity index (χ3v) is 7.08. The van der Waals surface area contributed by atoms with Crippen LogP contribution in [0.5, 0.6) is 0 Å². The zero-order valence-electron chi connectivity index (χ0n) is 29.1. The van der Waals surface area contributed by atoms with Crippen LogP contribution in [0.25, 0.3) is 17.2 Å². The van der Waals surface area contributed by atoms with Gasteiger partial charge in [0.25, 0.3) is 0 Å². The summed E-state index contributed by atoms with van der Waals surface area (Å²) in [5.41, 5.74) is 19.6. The fourth-order valence-electron chi connectivity index (χ4n) is 4.81. The van der Waals surface area contributed by atoms with Crippen LogP contribution in [0.15, 0.2) is 64.2 Å². The number of nitrogens with zero attached hydrogens (tertiary/aromatic N) is 5. The van der Waals surface area contributed by atoms with Gasteiger partial charge < -0.3 is 16.2 Å². The van der Waals surface area contributed by atoms with Crippen molar-refractivity contribution < 1.29 is 22.7 Å². The van der Waals surface area contributed by atoms with Crippen molar-refractivity contribution >= 4 is 35.8 Å². The molecule has 256 valence electrons. The van der Waals surface area contributed by atoms with E-state index in [0.29, 0.717) is 17.8 Å². The fraction of sp³-hybridized carbons (Fsp3) is 0.400. The van der Waals surface area contributed by atoms with Gasteiger partial charge in [-0.2, -0.15) is 5.10 Å². The van der Waals surface area contributed by atoms with E-state index in [1.807, 2.05) is 58.5 Å². The zero-order valence-corrected chi connectivity index (χ0v) is 29.1. The molecular formula is C35H48F3N7O2. The number of carbonyl (C=O) groups excluding carboxylic acids is 1. The average molecular weight is 656 g/mol. The average Bonchev–Trinajstić information content (AvgIpc) is 3.41. The van der Waals surface area contributed by atoms with Crippen molar-refractivity contribution in [3.63, 3.8) is 0 Å². The molecule has 9 nitrogen and oxygen atoms in total. The zero-order chi connectivity index (χ0) is 36.1. The standard InChI is InChI=1S/C32H39F3N6O.C2H6.CH3NO/c1-10-23(30(19(5)6)37-16-25(11-2)42-32(33,34)35)14-26(20(7)18(3)4)27-17-38-41-13-12-24(15-28(27)41)29-21(8)39-31(36)40-22(29)9;1-2;2-1-3/h10-11,14-18H,1,12-13H2,2-9H3,(H2,36,39,40);1-2H3;1H,(H2,2,3)/b23-14+,25-11+,26-20+,37-16?;;. The Balaban J connectivity index is 0.00000208. The van der Waals surface area contributed by atoms with Gasteiger partial charge in [-0.15, -0.1) is 13.2 Å². The van der Waals surface area contributed by atoms with Gasteiger partial charge in [0.15, 0.2) is 0 Å². The van der Waals surface area contributed by atoms with Crippen LogP contribution in [0.2, 0.25) is 0 Å². The molecule has 4 N–H and O–H groups in total. The number of nitrogens with two attached hydrogens (primary N) is 2. The lowest BCUT2D eigenvalue weighted by molar-refractivity contribution is -0.301. The van der Waals surface area contributed by atoms with Crippen LogP contribution in [0, 0.1) is 19.8 Å². The van der Waals surface area contributed by atoms with Gasteiger partial charge in [-0.3, -0.25) is 14.5 Å². The molecule has 0 saturated carbocycles. The van der Waals surface area contributed by atoms with E-state index in [1.165, 1.54) is 13.0 Å². The molecule has 0 atom stereocenters. The number of hydrogen-bond acceptors (Lipinski definition) is 7. The lowest BCUT2D eigenvalue weighted by atomic mass is 9.89. The van der Waals surface area contributed by atoms with E-state index in [0.717, 1.165) is 63.1 Å². The Morgan fingerprint density at radius 3 is 2.19 bits per heavy atom. The Morgan fingerprint density at radius 2 is 1.72 bits per heavy atom. The summed E-state index contributed by atoms with van der Waals surface area (Å²) in [5.74, 6) is 0.0489. The quantitative estimate of drug-likeness (QED) is 0.121. The number of anilines is 1. The normalized spacial score (nSPS) is 13.8. The predicted octanol–water partition coefficient (Wildman–Crippen LogP) is 8.29. The molecule has 2 aromatic rings. The number of alkyl halides is 3. The molecule has 3 heterocycles. The molecule has 2 aromatic heterocycles. The summed E-state index contributed by atoms with van der Waals surface area (Å²) in [5, 5.41) is 4.68. The molecule has 1 aliphatic rings. The molecule has 0 fully saturated rings. The second kappa shape index (κ2) is 18.4. The number of halogens is 3. The molecule has 1 amide bonds. The summed E-state index contributed by atoms with van der Waals surface area (Å²) in [6.07, 6.45) is 6.10. The number of fused-ring (bicyclic) bond motifs is 1. The lowest BCUT2D eigenvalue weighted by Gasteiger charge is -2.20. The number of nitrogen functional groups attached to an aromatic ring is 1. The predicted molar refractivity (Wildman–Crippen MR) is 186 cm³/mol. The van der Waals surface area contributed by atoms with Crippen LogP contribution in [-0.4, -0.2) is 38.7 Å². The van der Waals surface area contributed by atoms with Gasteiger partial charge >= 0.3 is 6.36 Å². The van der Waals surface area contributed by atoms with E-state index in [2.05, 4.69) is 64.0 Å². The molecule has 0 bridgehead atoms. The van der Waals surface area contributed by atoms with Gasteiger partial charge in [-0.1, -0.05) is 51.5 Å². The van der Waals surface area contributed by atoms with E-state index < -0.39 is 12.1 Å². The number of ether oxygens (including phenoxy) is 1. The number of aliphatic imine (C=N–C) groups is 1. The highest BCUT2D eigenvalue weighted by atomic mass is 19.4. The van der Waals surface area contributed by atoms with Crippen molar-refractivity contribution in [1.82, 2.24) is 19.7 Å². The number of aromatic nitrogens is 4. The molecule has 0 saturated heterocycles. The van der Waals surface area contributed by atoms with Crippen LogP contribution < -0.4 is 11.5 Å². The molecule has 47 heavy (non-hydrogen) atoms. The SMILES string of the molecule is C=C/C(=C\C(=C(\C)C(C)C)c1cnn2c1C=C(c1c(C)nc(N)nc1C)CC2)C(N=C/C(=C\C)OC(F)(F)F)=C(C)C.CC.NC=O. The topological polar surface area (TPSA) is 134 Å². The van der Waals surface area contributed by atoms with Gasteiger partial charge in [0.05, 0.1) is 35.2 Å². The van der Waals surface area contributed by atoms with Crippen molar-refractivity contribution in [2.45, 2.75) is 88.6 Å². The summed E-state index contributed by atoms with van der Waals surface area (Å²) in [6, 6.07) is 0. The first-order valence-electron chi connectivity index (χ1n) is 15.3. The highest BCUT2D eigenvalue weighted by Gasteiger charge is 2.31. The first-order valence-corrected chi connectivity index (χ1v) is 15.3. The summed E-state index contributed by atoms with van der Waals surface area (Å²) in [4.78, 5) is 21.7. The van der Waals surface area contributed by atoms with Crippen molar-refractivity contribution in [3.8, 4) is 0 Å². The largest absolute Gasteiger partial charge is 0.573 e. The number of carbonyl (C=O) groups is 1. The smallest absolute Gasteiger partial charge is 0.404 e. The molecular weight excluding hydrogens is 607 g/mol. The van der Waals surface area contributed by atoms with Gasteiger partial charge in [0.1, 0.15) is 5.76 Å².